The lowest BCUT2D eigenvalue weighted by Gasteiger charge is -2.37. The van der Waals surface area contributed by atoms with Crippen LogP contribution in [0.5, 0.6) is 0 Å². The fourth-order valence-corrected chi connectivity index (χ4v) is 2.45. The molecule has 0 saturated carbocycles. The van der Waals surface area contributed by atoms with Gasteiger partial charge in [-0.1, -0.05) is 6.92 Å². The van der Waals surface area contributed by atoms with E-state index in [0.717, 1.165) is 13.0 Å². The van der Waals surface area contributed by atoms with Gasteiger partial charge in [0.1, 0.15) is 0 Å². The number of methoxy groups -OCH3 is 1. The van der Waals surface area contributed by atoms with Crippen LogP contribution in [0.15, 0.2) is 12.4 Å². The number of aromatic nitrogens is 2. The normalized spacial score (nSPS) is 16.6. The first-order valence-corrected chi connectivity index (χ1v) is 7.00. The van der Waals surface area contributed by atoms with Crippen LogP contribution in [0, 0.1) is 0 Å². The maximum atomic E-state index is 6.22. The van der Waals surface area contributed by atoms with Crippen LogP contribution >= 0.6 is 0 Å². The molecule has 0 amide bonds. The first-order valence-electron chi connectivity index (χ1n) is 7.00. The van der Waals surface area contributed by atoms with Crippen LogP contribution in [-0.2, 0) is 11.8 Å². The summed E-state index contributed by atoms with van der Waals surface area (Å²) in [6, 6.07) is 0.695. The molecular weight excluding hydrogens is 240 g/mol. The fraction of sp³-hybridized carbons (Fsp3) is 0.786. The van der Waals surface area contributed by atoms with Crippen LogP contribution in [0.3, 0.4) is 0 Å². The minimum atomic E-state index is 0.0510. The topological polar surface area (TPSA) is 56.3 Å². The molecule has 1 heterocycles. The highest BCUT2D eigenvalue weighted by Crippen LogP contribution is 2.26. The second-order valence-corrected chi connectivity index (χ2v) is 5.24. The van der Waals surface area contributed by atoms with Crippen LogP contribution in [-0.4, -0.2) is 47.0 Å². The molecule has 19 heavy (non-hydrogen) atoms. The minimum absolute atomic E-state index is 0.0510. The van der Waals surface area contributed by atoms with Gasteiger partial charge < -0.3 is 10.5 Å². The summed E-state index contributed by atoms with van der Waals surface area (Å²) in [5.41, 5.74) is 7.40. The molecule has 5 nitrogen and oxygen atoms in total. The largest absolute Gasteiger partial charge is 0.383 e. The highest BCUT2D eigenvalue weighted by atomic mass is 16.5. The van der Waals surface area contributed by atoms with Crippen molar-refractivity contribution in [3.63, 3.8) is 0 Å². The molecule has 0 radical (unpaired) electrons. The Hall–Kier alpha value is -0.910. The number of aryl methyl sites for hydroxylation is 1. The fourth-order valence-electron chi connectivity index (χ4n) is 2.45. The summed E-state index contributed by atoms with van der Waals surface area (Å²) in [6.07, 6.45) is 5.06. The molecule has 5 heteroatoms. The van der Waals surface area contributed by atoms with Crippen LogP contribution in [0.4, 0.5) is 0 Å². The zero-order valence-corrected chi connectivity index (χ0v) is 12.8. The average molecular weight is 268 g/mol. The van der Waals surface area contributed by atoms with Crippen LogP contribution in [0.2, 0.25) is 0 Å². The smallest absolute Gasteiger partial charge is 0.0590 e. The molecule has 0 fully saturated rings. The molecule has 0 aromatic carbocycles. The summed E-state index contributed by atoms with van der Waals surface area (Å²) >= 11 is 0. The lowest BCUT2D eigenvalue weighted by molar-refractivity contribution is 0.0786. The second-order valence-electron chi connectivity index (χ2n) is 5.24. The highest BCUT2D eigenvalue weighted by Gasteiger charge is 2.28. The van der Waals surface area contributed by atoms with E-state index in [1.807, 2.05) is 17.9 Å². The van der Waals surface area contributed by atoms with Crippen LogP contribution in [0.1, 0.15) is 38.8 Å². The number of hydrogen-bond acceptors (Lipinski definition) is 4. The minimum Gasteiger partial charge on any atom is -0.383 e. The molecule has 2 N–H and O–H groups in total. The van der Waals surface area contributed by atoms with E-state index in [9.17, 15) is 0 Å². The van der Waals surface area contributed by atoms with Crippen LogP contribution < -0.4 is 5.73 Å². The van der Waals surface area contributed by atoms with Crippen LogP contribution in [0.25, 0.3) is 0 Å². The van der Waals surface area contributed by atoms with Gasteiger partial charge in [-0.15, -0.1) is 0 Å². The molecule has 110 valence electrons. The molecule has 3 atom stereocenters. The lowest BCUT2D eigenvalue weighted by atomic mass is 10.00. The third-order valence-electron chi connectivity index (χ3n) is 3.63. The zero-order chi connectivity index (χ0) is 14.4. The Morgan fingerprint density at radius 2 is 2.16 bits per heavy atom. The van der Waals surface area contributed by atoms with Crippen molar-refractivity contribution in [1.29, 1.82) is 0 Å². The predicted octanol–water partition coefficient (Wildman–Crippen LogP) is 1.56. The van der Waals surface area contributed by atoms with Gasteiger partial charge in [0.2, 0.25) is 0 Å². The number of hydrogen-bond donors (Lipinski definition) is 1. The average Bonchev–Trinajstić information content (AvgIpc) is 2.79. The molecule has 1 aromatic rings. The molecule has 0 aliphatic carbocycles. The van der Waals surface area contributed by atoms with Crippen molar-refractivity contribution in [3.05, 3.63) is 18.0 Å². The Bertz CT molecular complexity index is 364. The van der Waals surface area contributed by atoms with Gasteiger partial charge in [-0.3, -0.25) is 9.58 Å². The first-order chi connectivity index (χ1) is 9.01. The van der Waals surface area contributed by atoms with E-state index in [1.54, 1.807) is 7.11 Å². The van der Waals surface area contributed by atoms with E-state index in [4.69, 9.17) is 10.5 Å². The van der Waals surface area contributed by atoms with Crippen molar-refractivity contribution < 1.29 is 4.74 Å². The van der Waals surface area contributed by atoms with Crippen molar-refractivity contribution in [2.45, 2.75) is 45.3 Å². The van der Waals surface area contributed by atoms with Crippen molar-refractivity contribution in [2.24, 2.45) is 12.8 Å². The van der Waals surface area contributed by atoms with Crippen molar-refractivity contribution in [3.8, 4) is 0 Å². The van der Waals surface area contributed by atoms with E-state index >= 15 is 0 Å². The van der Waals surface area contributed by atoms with Gasteiger partial charge in [0.15, 0.2) is 0 Å². The summed E-state index contributed by atoms with van der Waals surface area (Å²) in [4.78, 5) is 2.42. The molecule has 0 aliphatic rings. The summed E-state index contributed by atoms with van der Waals surface area (Å²) in [5.74, 6) is 0. The Morgan fingerprint density at radius 1 is 1.47 bits per heavy atom. The van der Waals surface area contributed by atoms with Gasteiger partial charge in [-0.2, -0.15) is 5.10 Å². The zero-order valence-electron chi connectivity index (χ0n) is 12.8. The SMILES string of the molecule is CCC(C)N(CCOC)C(c1cnn(C)c1)C(C)N. The molecule has 3 unspecified atom stereocenters. The highest BCUT2D eigenvalue weighted by molar-refractivity contribution is 5.13. The first kappa shape index (κ1) is 16.1. The van der Waals surface area contributed by atoms with E-state index in [2.05, 4.69) is 37.0 Å². The third-order valence-corrected chi connectivity index (χ3v) is 3.63. The van der Waals surface area contributed by atoms with E-state index in [1.165, 1.54) is 5.56 Å². The molecule has 0 spiro atoms. The molecule has 0 aliphatic heterocycles. The van der Waals surface area contributed by atoms with E-state index in [0.29, 0.717) is 12.6 Å². The summed E-state index contributed by atoms with van der Waals surface area (Å²) in [7, 11) is 3.67. The number of ether oxygens (including phenoxy) is 1. The summed E-state index contributed by atoms with van der Waals surface area (Å²) in [6.45, 7) is 8.09. The van der Waals surface area contributed by atoms with Gasteiger partial charge in [-0.25, -0.2) is 0 Å². The van der Waals surface area contributed by atoms with Gasteiger partial charge in [0.05, 0.1) is 18.8 Å². The second kappa shape index (κ2) is 7.62. The van der Waals surface area contributed by atoms with E-state index in [-0.39, 0.29) is 12.1 Å². The number of rotatable bonds is 8. The van der Waals surface area contributed by atoms with Gasteiger partial charge in [0, 0.05) is 44.5 Å². The Balaban J connectivity index is 2.97. The number of nitrogens with two attached hydrogens (primary N) is 1. The molecule has 1 aromatic heterocycles. The molecule has 1 rings (SSSR count). The van der Waals surface area contributed by atoms with E-state index < -0.39 is 0 Å². The molecular formula is C14H28N4O. The van der Waals surface area contributed by atoms with Gasteiger partial charge >= 0.3 is 0 Å². The van der Waals surface area contributed by atoms with Crippen molar-refractivity contribution >= 4 is 0 Å². The number of nitrogens with zero attached hydrogens (tertiary/aromatic N) is 3. The summed E-state index contributed by atoms with van der Waals surface area (Å²) < 4.78 is 7.06. The Kier molecular flexibility index (Phi) is 6.48. The maximum absolute atomic E-state index is 6.22. The lowest BCUT2D eigenvalue weighted by Crippen LogP contribution is -2.45. The van der Waals surface area contributed by atoms with Crippen molar-refractivity contribution in [2.75, 3.05) is 20.3 Å². The predicted molar refractivity (Wildman–Crippen MR) is 77.9 cm³/mol. The third kappa shape index (κ3) is 4.30. The Morgan fingerprint density at radius 3 is 2.58 bits per heavy atom. The molecule has 0 bridgehead atoms. The molecule has 0 saturated heterocycles. The van der Waals surface area contributed by atoms with Gasteiger partial charge in [-0.05, 0) is 20.3 Å². The standard InChI is InChI=1S/C14H28N4O/c1-6-11(2)18(7-8-19-5)14(12(3)15)13-9-16-17(4)10-13/h9-12,14H,6-8,15H2,1-5H3. The van der Waals surface area contributed by atoms with Crippen molar-refractivity contribution in [1.82, 2.24) is 14.7 Å². The monoisotopic (exact) mass is 268 g/mol. The maximum Gasteiger partial charge on any atom is 0.0590 e. The Labute approximate surface area is 116 Å². The summed E-state index contributed by atoms with van der Waals surface area (Å²) in [5, 5.41) is 4.27. The van der Waals surface area contributed by atoms with Gasteiger partial charge in [0.25, 0.3) is 0 Å². The quantitative estimate of drug-likeness (QED) is 0.777.